The van der Waals surface area contributed by atoms with Gasteiger partial charge in [0.2, 0.25) is 0 Å². The van der Waals surface area contributed by atoms with E-state index in [0.717, 1.165) is 16.2 Å². The molecule has 1 aromatic rings. The molecule has 0 aromatic heterocycles. The lowest BCUT2D eigenvalue weighted by atomic mass is 10.2. The number of carbonyl (C=O) groups is 4. The van der Waals surface area contributed by atoms with E-state index in [1.54, 1.807) is 0 Å². The molecule has 0 radical (unpaired) electrons. The third kappa shape index (κ3) is 5.58. The average molecular weight is 416 g/mol. The van der Waals surface area contributed by atoms with Crippen LogP contribution in [0.1, 0.15) is 25.7 Å². The minimum absolute atomic E-state index is 0.209. The van der Waals surface area contributed by atoms with Gasteiger partial charge in [-0.05, 0) is 31.0 Å². The summed E-state index contributed by atoms with van der Waals surface area (Å²) < 4.78 is 4.54. The van der Waals surface area contributed by atoms with E-state index in [-0.39, 0.29) is 28.2 Å². The molecule has 0 bridgehead atoms. The maximum absolute atomic E-state index is 12.5. The van der Waals surface area contributed by atoms with Gasteiger partial charge in [-0.1, -0.05) is 29.6 Å². The predicted octanol–water partition coefficient (Wildman–Crippen LogP) is 3.21. The summed E-state index contributed by atoms with van der Waals surface area (Å²) in [5.41, 5.74) is 0.209. The van der Waals surface area contributed by atoms with Crippen molar-refractivity contribution in [2.45, 2.75) is 25.7 Å². The summed E-state index contributed by atoms with van der Waals surface area (Å²) in [5, 5.41) is 3.13. The first kappa shape index (κ1) is 21.0. The van der Waals surface area contributed by atoms with Gasteiger partial charge in [-0.3, -0.25) is 9.59 Å². The van der Waals surface area contributed by atoms with Gasteiger partial charge >= 0.3 is 18.0 Å². The lowest BCUT2D eigenvalue weighted by Gasteiger charge is -2.17. The first-order chi connectivity index (χ1) is 12.8. The van der Waals surface area contributed by atoms with E-state index in [0.29, 0.717) is 25.8 Å². The van der Waals surface area contributed by atoms with Crippen LogP contribution in [0.3, 0.4) is 0 Å². The van der Waals surface area contributed by atoms with E-state index < -0.39 is 18.0 Å². The first-order valence-electron chi connectivity index (χ1n) is 8.28. The van der Waals surface area contributed by atoms with Gasteiger partial charge in [0.05, 0.1) is 12.8 Å². The molecular weight excluding hydrogens is 397 g/mol. The number of carbonyl (C=O) groups excluding carboxylic acids is 4. The normalized spacial score (nSPS) is 13.9. The summed E-state index contributed by atoms with van der Waals surface area (Å²) in [4.78, 5) is 49.5. The van der Waals surface area contributed by atoms with Crippen molar-refractivity contribution in [2.24, 2.45) is 0 Å². The molecule has 1 aliphatic rings. The molecule has 10 heteroatoms. The highest BCUT2D eigenvalue weighted by atomic mass is 35.5. The lowest BCUT2D eigenvalue weighted by molar-refractivity contribution is -0.140. The van der Waals surface area contributed by atoms with Crippen LogP contribution in [-0.4, -0.2) is 49.0 Å². The van der Waals surface area contributed by atoms with Crippen molar-refractivity contribution >= 4 is 52.8 Å². The van der Waals surface area contributed by atoms with Gasteiger partial charge < -0.3 is 10.1 Å². The first-order valence-corrected chi connectivity index (χ1v) is 9.04. The van der Waals surface area contributed by atoms with Crippen molar-refractivity contribution in [2.75, 3.05) is 25.1 Å². The maximum atomic E-state index is 12.5. The van der Waals surface area contributed by atoms with Crippen LogP contribution in [0.2, 0.25) is 10.0 Å². The predicted molar refractivity (Wildman–Crippen MR) is 99.9 cm³/mol. The fraction of sp³-hybridized carbons (Fsp3) is 0.412. The summed E-state index contributed by atoms with van der Waals surface area (Å²) in [5.74, 6) is -0.826. The van der Waals surface area contributed by atoms with E-state index >= 15 is 0 Å². The fourth-order valence-electron chi connectivity index (χ4n) is 2.55. The fourth-order valence-corrected chi connectivity index (χ4v) is 3.06. The van der Waals surface area contributed by atoms with E-state index in [2.05, 4.69) is 10.1 Å². The molecule has 0 spiro atoms. The van der Waals surface area contributed by atoms with E-state index in [9.17, 15) is 19.2 Å². The molecule has 1 saturated heterocycles. The minimum atomic E-state index is -0.762. The second-order valence-corrected chi connectivity index (χ2v) is 6.72. The number of rotatable bonds is 7. The Balaban J connectivity index is 1.86. The highest BCUT2D eigenvalue weighted by Gasteiger charge is 2.40. The van der Waals surface area contributed by atoms with Gasteiger partial charge in [-0.2, -0.15) is 0 Å². The Morgan fingerprint density at radius 3 is 2.41 bits per heavy atom. The Labute approximate surface area is 166 Å². The molecule has 0 saturated carbocycles. The van der Waals surface area contributed by atoms with Crippen molar-refractivity contribution in [1.82, 2.24) is 10.2 Å². The highest BCUT2D eigenvalue weighted by Crippen LogP contribution is 2.28. The number of halogens is 2. The maximum Gasteiger partial charge on any atom is 0.340 e. The SMILES string of the molecule is COC(=O)CCCCCNC(=O)N1CC(=O)N(c2cc(Cl)cc(Cl)c2)C1=O. The third-order valence-corrected chi connectivity index (χ3v) is 4.31. The molecule has 0 unspecified atom stereocenters. The van der Waals surface area contributed by atoms with Crippen molar-refractivity contribution in [3.8, 4) is 0 Å². The number of unbranched alkanes of at least 4 members (excludes halogenated alkanes) is 2. The largest absolute Gasteiger partial charge is 0.469 e. The molecule has 1 aromatic carbocycles. The number of methoxy groups -OCH3 is 1. The molecule has 1 N–H and O–H groups in total. The number of hydrogen-bond acceptors (Lipinski definition) is 5. The van der Waals surface area contributed by atoms with Crippen LogP contribution >= 0.6 is 23.2 Å². The van der Waals surface area contributed by atoms with Crippen LogP contribution in [0.5, 0.6) is 0 Å². The molecule has 0 aliphatic carbocycles. The second-order valence-electron chi connectivity index (χ2n) is 5.84. The zero-order valence-corrected chi connectivity index (χ0v) is 16.2. The van der Waals surface area contributed by atoms with Crippen LogP contribution in [0.25, 0.3) is 0 Å². The summed E-state index contributed by atoms with van der Waals surface area (Å²) in [6.45, 7) is -0.0435. The monoisotopic (exact) mass is 415 g/mol. The minimum Gasteiger partial charge on any atom is -0.469 e. The van der Waals surface area contributed by atoms with Gasteiger partial charge in [0.25, 0.3) is 5.91 Å². The highest BCUT2D eigenvalue weighted by molar-refractivity contribution is 6.35. The molecule has 1 heterocycles. The third-order valence-electron chi connectivity index (χ3n) is 3.88. The quantitative estimate of drug-likeness (QED) is 0.418. The molecule has 146 valence electrons. The number of benzene rings is 1. The van der Waals surface area contributed by atoms with Gasteiger partial charge in [-0.15, -0.1) is 0 Å². The van der Waals surface area contributed by atoms with Crippen LogP contribution < -0.4 is 10.2 Å². The van der Waals surface area contributed by atoms with Gasteiger partial charge in [0.15, 0.2) is 0 Å². The van der Waals surface area contributed by atoms with Crippen LogP contribution in [-0.2, 0) is 14.3 Å². The van der Waals surface area contributed by atoms with Crippen LogP contribution in [0.15, 0.2) is 18.2 Å². The van der Waals surface area contributed by atoms with Crippen molar-refractivity contribution in [1.29, 1.82) is 0 Å². The van der Waals surface area contributed by atoms with Crippen molar-refractivity contribution < 1.29 is 23.9 Å². The Morgan fingerprint density at radius 1 is 1.11 bits per heavy atom. The van der Waals surface area contributed by atoms with E-state index in [4.69, 9.17) is 23.2 Å². The van der Waals surface area contributed by atoms with Crippen LogP contribution in [0.4, 0.5) is 15.3 Å². The number of nitrogens with one attached hydrogen (secondary N) is 1. The molecular formula is C17H19Cl2N3O5. The van der Waals surface area contributed by atoms with Crippen molar-refractivity contribution in [3.63, 3.8) is 0 Å². The Hall–Kier alpha value is -2.32. The summed E-state index contributed by atoms with van der Waals surface area (Å²) in [7, 11) is 1.33. The number of ether oxygens (including phenoxy) is 1. The Bertz CT molecular complexity index is 736. The number of hydrogen-bond donors (Lipinski definition) is 1. The summed E-state index contributed by atoms with van der Waals surface area (Å²) >= 11 is 11.8. The van der Waals surface area contributed by atoms with Crippen molar-refractivity contribution in [3.05, 3.63) is 28.2 Å². The number of urea groups is 2. The van der Waals surface area contributed by atoms with E-state index in [1.807, 2.05) is 0 Å². The van der Waals surface area contributed by atoms with E-state index in [1.165, 1.54) is 25.3 Å². The molecule has 8 nitrogen and oxygen atoms in total. The smallest absolute Gasteiger partial charge is 0.340 e. The molecule has 0 atom stereocenters. The summed E-state index contributed by atoms with van der Waals surface area (Å²) in [6.07, 6.45) is 2.31. The standard InChI is InChI=1S/C17H19Cl2N3O5/c1-27-15(24)5-3-2-4-6-20-16(25)21-10-14(23)22(17(21)26)13-8-11(18)7-12(19)9-13/h7-9H,2-6,10H2,1H3,(H,20,25). The molecule has 27 heavy (non-hydrogen) atoms. The Kier molecular flexibility index (Phi) is 7.44. The second kappa shape index (κ2) is 9.57. The topological polar surface area (TPSA) is 96.0 Å². The number of imide groups is 2. The number of nitrogens with zero attached hydrogens (tertiary/aromatic N) is 2. The molecule has 5 amide bonds. The van der Waals surface area contributed by atoms with Gasteiger partial charge in [0, 0.05) is 23.0 Å². The molecule has 2 rings (SSSR count). The zero-order chi connectivity index (χ0) is 20.0. The number of amides is 5. The Morgan fingerprint density at radius 2 is 1.78 bits per heavy atom. The average Bonchev–Trinajstić information content (AvgIpc) is 2.91. The summed E-state index contributed by atoms with van der Waals surface area (Å²) in [6, 6.07) is 2.90. The molecule has 1 aliphatic heterocycles. The number of anilines is 1. The molecule has 1 fully saturated rings. The zero-order valence-electron chi connectivity index (χ0n) is 14.7. The van der Waals surface area contributed by atoms with Gasteiger partial charge in [0.1, 0.15) is 6.54 Å². The lowest BCUT2D eigenvalue weighted by Crippen LogP contribution is -2.43. The number of esters is 1. The van der Waals surface area contributed by atoms with Crippen LogP contribution in [0, 0.1) is 0 Å². The van der Waals surface area contributed by atoms with Gasteiger partial charge in [-0.25, -0.2) is 19.4 Å².